The molecule has 1 saturated carbocycles. The van der Waals surface area contributed by atoms with Gasteiger partial charge in [0.25, 0.3) is 0 Å². The van der Waals surface area contributed by atoms with Crippen LogP contribution in [0.5, 0.6) is 5.75 Å². The van der Waals surface area contributed by atoms with E-state index in [2.05, 4.69) is 0 Å². The number of ether oxygens (including phenoxy) is 2. The van der Waals surface area contributed by atoms with Crippen LogP contribution in [0.4, 0.5) is 0 Å². The summed E-state index contributed by atoms with van der Waals surface area (Å²) in [5.74, 6) is -0.142. The maximum atomic E-state index is 11.7. The Bertz CT molecular complexity index is 560. The molecule has 1 atom stereocenters. The second-order valence-corrected chi connectivity index (χ2v) is 6.08. The lowest BCUT2D eigenvalue weighted by atomic mass is 9.80. The Kier molecular flexibility index (Phi) is 4.48. The van der Waals surface area contributed by atoms with E-state index >= 15 is 0 Å². The fourth-order valence-electron chi connectivity index (χ4n) is 3.34. The molecular weight excluding hydrogens is 280 g/mol. The molecule has 0 bridgehead atoms. The Hall–Kier alpha value is -1.81. The normalized spacial score (nSPS) is 24.7. The highest BCUT2D eigenvalue weighted by Gasteiger charge is 2.39. The minimum atomic E-state index is -0.911. The zero-order valence-electron chi connectivity index (χ0n) is 12.7. The van der Waals surface area contributed by atoms with Crippen LogP contribution in [0.15, 0.2) is 36.4 Å². The van der Waals surface area contributed by atoms with Gasteiger partial charge in [0.2, 0.25) is 0 Å². The first kappa shape index (κ1) is 15.1. The third-order valence-electron chi connectivity index (χ3n) is 4.67. The van der Waals surface area contributed by atoms with E-state index in [4.69, 9.17) is 9.47 Å². The SMILES string of the molecule is O=C(O)C1(c2cccc(OCOC3CCCC3)c2)C=CCC1. The van der Waals surface area contributed by atoms with Crippen molar-refractivity contribution in [2.45, 2.75) is 50.0 Å². The molecule has 1 fully saturated rings. The summed E-state index contributed by atoms with van der Waals surface area (Å²) in [7, 11) is 0. The predicted octanol–water partition coefficient (Wildman–Crippen LogP) is 3.65. The molecule has 2 aliphatic rings. The molecule has 1 aromatic carbocycles. The Morgan fingerprint density at radius 3 is 2.82 bits per heavy atom. The van der Waals surface area contributed by atoms with Gasteiger partial charge < -0.3 is 14.6 Å². The van der Waals surface area contributed by atoms with E-state index in [1.807, 2.05) is 30.3 Å². The molecule has 0 heterocycles. The van der Waals surface area contributed by atoms with Gasteiger partial charge in [0.05, 0.1) is 6.10 Å². The van der Waals surface area contributed by atoms with Crippen molar-refractivity contribution in [1.82, 2.24) is 0 Å². The highest BCUT2D eigenvalue weighted by atomic mass is 16.7. The summed E-state index contributed by atoms with van der Waals surface area (Å²) in [6.07, 6.45) is 10.1. The van der Waals surface area contributed by atoms with Crippen molar-refractivity contribution >= 4 is 5.97 Å². The molecule has 4 nitrogen and oxygen atoms in total. The standard InChI is InChI=1S/C18H22O4/c19-17(20)18(10-3-4-11-18)14-6-5-9-16(12-14)22-13-21-15-7-1-2-8-15/h3,5-6,9-10,12,15H,1-2,4,7-8,11,13H2,(H,19,20). The maximum absolute atomic E-state index is 11.7. The molecule has 0 amide bonds. The summed E-state index contributed by atoms with van der Waals surface area (Å²) in [6, 6.07) is 7.36. The first-order valence-electron chi connectivity index (χ1n) is 7.97. The van der Waals surface area contributed by atoms with Crippen molar-refractivity contribution in [3.05, 3.63) is 42.0 Å². The molecule has 2 aliphatic carbocycles. The molecule has 1 unspecified atom stereocenters. The van der Waals surface area contributed by atoms with E-state index in [-0.39, 0.29) is 6.79 Å². The molecule has 0 saturated heterocycles. The molecule has 0 radical (unpaired) electrons. The van der Waals surface area contributed by atoms with Crippen molar-refractivity contribution in [3.8, 4) is 5.75 Å². The number of carbonyl (C=O) groups is 1. The minimum Gasteiger partial charge on any atom is -0.480 e. The first-order valence-corrected chi connectivity index (χ1v) is 7.97. The summed E-state index contributed by atoms with van der Waals surface area (Å²) in [6.45, 7) is 0.226. The van der Waals surface area contributed by atoms with E-state index < -0.39 is 11.4 Å². The number of carboxylic acid groups (broad SMARTS) is 1. The van der Waals surface area contributed by atoms with Gasteiger partial charge in [0.1, 0.15) is 11.2 Å². The highest BCUT2D eigenvalue weighted by Crippen LogP contribution is 2.37. The summed E-state index contributed by atoms with van der Waals surface area (Å²) < 4.78 is 11.3. The predicted molar refractivity (Wildman–Crippen MR) is 83.0 cm³/mol. The topological polar surface area (TPSA) is 55.8 Å². The zero-order valence-corrected chi connectivity index (χ0v) is 12.7. The molecule has 0 aliphatic heterocycles. The average molecular weight is 302 g/mol. The lowest BCUT2D eigenvalue weighted by Gasteiger charge is -2.23. The van der Waals surface area contributed by atoms with E-state index in [1.165, 1.54) is 12.8 Å². The van der Waals surface area contributed by atoms with E-state index in [0.717, 1.165) is 24.8 Å². The van der Waals surface area contributed by atoms with Crippen molar-refractivity contribution in [1.29, 1.82) is 0 Å². The summed E-state index contributed by atoms with van der Waals surface area (Å²) >= 11 is 0. The molecule has 1 N–H and O–H groups in total. The van der Waals surface area contributed by atoms with Gasteiger partial charge in [-0.1, -0.05) is 37.1 Å². The van der Waals surface area contributed by atoms with Gasteiger partial charge in [-0.3, -0.25) is 4.79 Å². The first-order chi connectivity index (χ1) is 10.7. The van der Waals surface area contributed by atoms with Crippen LogP contribution in [0.25, 0.3) is 0 Å². The fraction of sp³-hybridized carbons (Fsp3) is 0.500. The number of hydrogen-bond acceptors (Lipinski definition) is 3. The fourth-order valence-corrected chi connectivity index (χ4v) is 3.34. The summed E-state index contributed by atoms with van der Waals surface area (Å²) in [5.41, 5.74) is -0.141. The monoisotopic (exact) mass is 302 g/mol. The van der Waals surface area contributed by atoms with Crippen LogP contribution in [-0.4, -0.2) is 24.0 Å². The Morgan fingerprint density at radius 1 is 1.32 bits per heavy atom. The quantitative estimate of drug-likeness (QED) is 0.643. The van der Waals surface area contributed by atoms with Crippen LogP contribution >= 0.6 is 0 Å². The van der Waals surface area contributed by atoms with Gasteiger partial charge in [-0.15, -0.1) is 0 Å². The van der Waals surface area contributed by atoms with Gasteiger partial charge in [0, 0.05) is 0 Å². The summed E-state index contributed by atoms with van der Waals surface area (Å²) in [5, 5.41) is 9.61. The number of rotatable bonds is 6. The smallest absolute Gasteiger partial charge is 0.318 e. The second-order valence-electron chi connectivity index (χ2n) is 6.08. The van der Waals surface area contributed by atoms with Crippen LogP contribution in [0.1, 0.15) is 44.1 Å². The van der Waals surface area contributed by atoms with Gasteiger partial charge in [-0.2, -0.15) is 0 Å². The number of benzene rings is 1. The van der Waals surface area contributed by atoms with Crippen LogP contribution in [0, 0.1) is 0 Å². The van der Waals surface area contributed by atoms with Crippen LogP contribution in [-0.2, 0) is 14.9 Å². The molecule has 4 heteroatoms. The van der Waals surface area contributed by atoms with Crippen molar-refractivity contribution in [2.75, 3.05) is 6.79 Å². The van der Waals surface area contributed by atoms with Gasteiger partial charge in [-0.25, -0.2) is 0 Å². The van der Waals surface area contributed by atoms with Crippen molar-refractivity contribution < 1.29 is 19.4 Å². The molecule has 1 aromatic rings. The number of hydrogen-bond donors (Lipinski definition) is 1. The molecule has 118 valence electrons. The van der Waals surface area contributed by atoms with Crippen molar-refractivity contribution in [2.24, 2.45) is 0 Å². The molecule has 22 heavy (non-hydrogen) atoms. The van der Waals surface area contributed by atoms with E-state index in [9.17, 15) is 9.90 Å². The number of aliphatic carboxylic acids is 1. The molecule has 0 spiro atoms. The third-order valence-corrected chi connectivity index (χ3v) is 4.67. The van der Waals surface area contributed by atoms with Crippen LogP contribution in [0.2, 0.25) is 0 Å². The highest BCUT2D eigenvalue weighted by molar-refractivity contribution is 5.85. The van der Waals surface area contributed by atoms with Crippen LogP contribution in [0.3, 0.4) is 0 Å². The van der Waals surface area contributed by atoms with Gasteiger partial charge >= 0.3 is 5.97 Å². The average Bonchev–Trinajstić information content (AvgIpc) is 3.20. The van der Waals surface area contributed by atoms with Crippen LogP contribution < -0.4 is 4.74 Å². The largest absolute Gasteiger partial charge is 0.480 e. The van der Waals surface area contributed by atoms with Gasteiger partial charge in [-0.05, 0) is 43.4 Å². The Balaban J connectivity index is 1.66. The maximum Gasteiger partial charge on any atom is 0.318 e. The molecule has 0 aromatic heterocycles. The van der Waals surface area contributed by atoms with E-state index in [1.54, 1.807) is 6.08 Å². The third kappa shape index (κ3) is 3.02. The number of carboxylic acids is 1. The lowest BCUT2D eigenvalue weighted by Crippen LogP contribution is -2.31. The summed E-state index contributed by atoms with van der Waals surface area (Å²) in [4.78, 5) is 11.7. The number of allylic oxidation sites excluding steroid dienone is 1. The minimum absolute atomic E-state index is 0.226. The molecular formula is C18H22O4. The van der Waals surface area contributed by atoms with Gasteiger partial charge in [0.15, 0.2) is 6.79 Å². The lowest BCUT2D eigenvalue weighted by molar-refractivity contribution is -0.141. The second kappa shape index (κ2) is 6.53. The van der Waals surface area contributed by atoms with E-state index in [0.29, 0.717) is 18.3 Å². The Morgan fingerprint density at radius 2 is 2.14 bits per heavy atom. The zero-order chi connectivity index (χ0) is 15.4. The van der Waals surface area contributed by atoms with Crippen molar-refractivity contribution in [3.63, 3.8) is 0 Å². The molecule has 3 rings (SSSR count). The Labute approximate surface area is 130 Å².